The van der Waals surface area contributed by atoms with Gasteiger partial charge in [-0.3, -0.25) is 9.88 Å². The Hall–Kier alpha value is -1.16. The van der Waals surface area contributed by atoms with Crippen LogP contribution in [-0.2, 0) is 6.54 Å². The van der Waals surface area contributed by atoms with Gasteiger partial charge in [-0.1, -0.05) is 17.7 Å². The van der Waals surface area contributed by atoms with Gasteiger partial charge in [-0.25, -0.2) is 0 Å². The van der Waals surface area contributed by atoms with E-state index in [4.69, 9.17) is 11.6 Å². The number of aromatic nitrogens is 1. The Morgan fingerprint density at radius 2 is 2.14 bits per heavy atom. The highest BCUT2D eigenvalue weighted by Gasteiger charge is 2.34. The predicted molar refractivity (Wildman–Crippen MR) is 86.6 cm³/mol. The van der Waals surface area contributed by atoms with Crippen molar-refractivity contribution in [1.29, 1.82) is 0 Å². The number of nitrogens with one attached hydrogen (secondary N) is 1. The summed E-state index contributed by atoms with van der Waals surface area (Å²) in [4.78, 5) is 7.14. The number of hydrogen-bond donors (Lipinski definition) is 1. The fourth-order valence-electron chi connectivity index (χ4n) is 3.32. The van der Waals surface area contributed by atoms with Gasteiger partial charge in [0.05, 0.1) is 5.52 Å². The number of likely N-dealkylation sites (tertiary alicyclic amines) is 1. The SMILES string of the molecule is Clc1ccc(CNC2CCN(C3CC3)C2)c2ncccc12. The lowest BCUT2D eigenvalue weighted by atomic mass is 10.1. The average molecular weight is 302 g/mol. The molecule has 1 aliphatic carbocycles. The van der Waals surface area contributed by atoms with Gasteiger partial charge in [0, 0.05) is 48.3 Å². The van der Waals surface area contributed by atoms with E-state index in [1.54, 1.807) is 0 Å². The lowest BCUT2D eigenvalue weighted by Crippen LogP contribution is -2.32. The zero-order valence-electron chi connectivity index (χ0n) is 12.1. The van der Waals surface area contributed by atoms with Crippen LogP contribution in [0.4, 0.5) is 0 Å². The first-order valence-electron chi connectivity index (χ1n) is 7.81. The molecular formula is C17H20ClN3. The number of pyridine rings is 1. The van der Waals surface area contributed by atoms with Crippen molar-refractivity contribution in [2.75, 3.05) is 13.1 Å². The van der Waals surface area contributed by atoms with Crippen molar-refractivity contribution in [3.63, 3.8) is 0 Å². The third-order valence-electron chi connectivity index (χ3n) is 4.66. The molecular weight excluding hydrogens is 282 g/mol. The fourth-order valence-corrected chi connectivity index (χ4v) is 3.53. The standard InChI is InChI=1S/C17H20ClN3/c18-16-6-3-12(17-15(16)2-1-8-19-17)10-20-13-7-9-21(11-13)14-4-5-14/h1-3,6,8,13-14,20H,4-5,7,9-11H2. The third kappa shape index (κ3) is 2.78. The molecule has 2 fully saturated rings. The van der Waals surface area contributed by atoms with Crippen molar-refractivity contribution >= 4 is 22.5 Å². The van der Waals surface area contributed by atoms with Gasteiger partial charge in [0.1, 0.15) is 0 Å². The largest absolute Gasteiger partial charge is 0.309 e. The van der Waals surface area contributed by atoms with Crippen LogP contribution in [-0.4, -0.2) is 35.1 Å². The van der Waals surface area contributed by atoms with Crippen LogP contribution < -0.4 is 5.32 Å². The number of fused-ring (bicyclic) bond motifs is 1. The molecule has 1 atom stereocenters. The molecule has 0 bridgehead atoms. The molecule has 4 heteroatoms. The lowest BCUT2D eigenvalue weighted by molar-refractivity contribution is 0.317. The molecule has 2 aromatic rings. The van der Waals surface area contributed by atoms with Crippen LogP contribution in [0, 0.1) is 0 Å². The van der Waals surface area contributed by atoms with Gasteiger partial charge in [0.15, 0.2) is 0 Å². The second kappa shape index (κ2) is 5.56. The average Bonchev–Trinajstić information content (AvgIpc) is 3.26. The molecule has 0 amide bonds. The maximum Gasteiger partial charge on any atom is 0.0761 e. The summed E-state index contributed by atoms with van der Waals surface area (Å²) in [6, 6.07) is 9.55. The molecule has 0 radical (unpaired) electrons. The number of hydrogen-bond acceptors (Lipinski definition) is 3. The summed E-state index contributed by atoms with van der Waals surface area (Å²) in [5, 5.41) is 5.52. The molecule has 1 aliphatic heterocycles. The molecule has 3 nitrogen and oxygen atoms in total. The zero-order chi connectivity index (χ0) is 14.2. The van der Waals surface area contributed by atoms with E-state index < -0.39 is 0 Å². The third-order valence-corrected chi connectivity index (χ3v) is 4.99. The van der Waals surface area contributed by atoms with E-state index in [0.717, 1.165) is 28.5 Å². The molecule has 110 valence electrons. The van der Waals surface area contributed by atoms with Crippen molar-refractivity contribution in [2.45, 2.75) is 37.9 Å². The lowest BCUT2D eigenvalue weighted by Gasteiger charge is -2.16. The number of halogens is 1. The summed E-state index contributed by atoms with van der Waals surface area (Å²) >= 11 is 6.25. The Morgan fingerprint density at radius 1 is 1.24 bits per heavy atom. The summed E-state index contributed by atoms with van der Waals surface area (Å²) in [7, 11) is 0. The van der Waals surface area contributed by atoms with Crippen LogP contribution >= 0.6 is 11.6 Å². The fraction of sp³-hybridized carbons (Fsp3) is 0.471. The Balaban J connectivity index is 1.46. The van der Waals surface area contributed by atoms with Gasteiger partial charge in [0.25, 0.3) is 0 Å². The van der Waals surface area contributed by atoms with Gasteiger partial charge < -0.3 is 5.32 Å². The summed E-state index contributed by atoms with van der Waals surface area (Å²) in [5.74, 6) is 0. The maximum atomic E-state index is 6.25. The maximum absolute atomic E-state index is 6.25. The van der Waals surface area contributed by atoms with E-state index in [9.17, 15) is 0 Å². The second-order valence-corrected chi connectivity index (χ2v) is 6.61. The molecule has 2 heterocycles. The molecule has 1 saturated heterocycles. The van der Waals surface area contributed by atoms with Crippen molar-refractivity contribution in [3.8, 4) is 0 Å². The minimum atomic E-state index is 0.611. The van der Waals surface area contributed by atoms with Gasteiger partial charge in [0.2, 0.25) is 0 Å². The predicted octanol–water partition coefficient (Wildman–Crippen LogP) is 3.21. The first kappa shape index (κ1) is 13.5. The molecule has 1 aromatic carbocycles. The molecule has 1 aromatic heterocycles. The topological polar surface area (TPSA) is 28.2 Å². The molecule has 4 rings (SSSR count). The first-order valence-corrected chi connectivity index (χ1v) is 8.18. The van der Waals surface area contributed by atoms with E-state index in [1.165, 1.54) is 37.9 Å². The van der Waals surface area contributed by atoms with Crippen molar-refractivity contribution in [2.24, 2.45) is 0 Å². The van der Waals surface area contributed by atoms with Crippen LogP contribution in [0.3, 0.4) is 0 Å². The van der Waals surface area contributed by atoms with E-state index in [0.29, 0.717) is 6.04 Å². The van der Waals surface area contributed by atoms with E-state index in [-0.39, 0.29) is 0 Å². The van der Waals surface area contributed by atoms with Crippen LogP contribution in [0.5, 0.6) is 0 Å². The van der Waals surface area contributed by atoms with Gasteiger partial charge in [-0.15, -0.1) is 0 Å². The van der Waals surface area contributed by atoms with Gasteiger partial charge >= 0.3 is 0 Å². The second-order valence-electron chi connectivity index (χ2n) is 6.20. The van der Waals surface area contributed by atoms with E-state index in [1.807, 2.05) is 24.4 Å². The quantitative estimate of drug-likeness (QED) is 0.940. The Labute approximate surface area is 130 Å². The Kier molecular flexibility index (Phi) is 3.57. The first-order chi connectivity index (χ1) is 10.3. The van der Waals surface area contributed by atoms with E-state index >= 15 is 0 Å². The summed E-state index contributed by atoms with van der Waals surface area (Å²) < 4.78 is 0. The molecule has 21 heavy (non-hydrogen) atoms. The van der Waals surface area contributed by atoms with Crippen LogP contribution in [0.2, 0.25) is 5.02 Å². The van der Waals surface area contributed by atoms with Crippen LogP contribution in [0.15, 0.2) is 30.5 Å². The van der Waals surface area contributed by atoms with Crippen LogP contribution in [0.25, 0.3) is 10.9 Å². The zero-order valence-corrected chi connectivity index (χ0v) is 12.8. The number of nitrogens with zero attached hydrogens (tertiary/aromatic N) is 2. The van der Waals surface area contributed by atoms with Crippen LogP contribution in [0.1, 0.15) is 24.8 Å². The molecule has 1 N–H and O–H groups in total. The molecule has 0 spiro atoms. The summed E-state index contributed by atoms with van der Waals surface area (Å²) in [6.07, 6.45) is 5.90. The Morgan fingerprint density at radius 3 is 3.00 bits per heavy atom. The molecule has 1 saturated carbocycles. The van der Waals surface area contributed by atoms with Crippen molar-refractivity contribution < 1.29 is 0 Å². The highest BCUT2D eigenvalue weighted by molar-refractivity contribution is 6.35. The van der Waals surface area contributed by atoms with E-state index in [2.05, 4.69) is 21.3 Å². The van der Waals surface area contributed by atoms with Crippen molar-refractivity contribution in [1.82, 2.24) is 15.2 Å². The number of rotatable bonds is 4. The molecule has 2 aliphatic rings. The highest BCUT2D eigenvalue weighted by atomic mass is 35.5. The summed E-state index contributed by atoms with van der Waals surface area (Å²) in [6.45, 7) is 3.32. The minimum absolute atomic E-state index is 0.611. The van der Waals surface area contributed by atoms with Gasteiger partial charge in [-0.2, -0.15) is 0 Å². The monoisotopic (exact) mass is 301 g/mol. The smallest absolute Gasteiger partial charge is 0.0761 e. The normalized spacial score (nSPS) is 23.0. The highest BCUT2D eigenvalue weighted by Crippen LogP contribution is 2.30. The Bertz CT molecular complexity index is 654. The summed E-state index contributed by atoms with van der Waals surface area (Å²) in [5.41, 5.74) is 2.26. The molecule has 1 unspecified atom stereocenters. The van der Waals surface area contributed by atoms with Gasteiger partial charge in [-0.05, 0) is 43.0 Å². The van der Waals surface area contributed by atoms with Crippen molar-refractivity contribution in [3.05, 3.63) is 41.0 Å². The number of benzene rings is 1. The minimum Gasteiger partial charge on any atom is -0.309 e.